The number of aromatic nitrogens is 2. The Morgan fingerprint density at radius 3 is 2.61 bits per heavy atom. The van der Waals surface area contributed by atoms with E-state index in [-0.39, 0.29) is 18.1 Å². The van der Waals surface area contributed by atoms with E-state index < -0.39 is 0 Å². The highest BCUT2D eigenvalue weighted by Crippen LogP contribution is 2.35. The lowest BCUT2D eigenvalue weighted by Gasteiger charge is -2.35. The Labute approximate surface area is 228 Å². The van der Waals surface area contributed by atoms with Crippen molar-refractivity contribution in [2.75, 3.05) is 19.7 Å². The van der Waals surface area contributed by atoms with E-state index in [9.17, 15) is 4.79 Å². The summed E-state index contributed by atoms with van der Waals surface area (Å²) in [6.07, 6.45) is 6.20. The van der Waals surface area contributed by atoms with Gasteiger partial charge < -0.3 is 14.4 Å². The number of unbranched alkanes of at least 4 members (excludes halogenated alkanes) is 1. The van der Waals surface area contributed by atoms with Gasteiger partial charge in [0, 0.05) is 30.4 Å². The number of amides is 1. The molecule has 7 nitrogen and oxygen atoms in total. The number of rotatable bonds is 7. The molecule has 8 heteroatoms. The summed E-state index contributed by atoms with van der Waals surface area (Å²) in [7, 11) is 0. The highest BCUT2D eigenvalue weighted by Gasteiger charge is 2.31. The lowest BCUT2D eigenvalue weighted by atomic mass is 10.0. The van der Waals surface area contributed by atoms with Gasteiger partial charge in [-0.1, -0.05) is 31.5 Å². The summed E-state index contributed by atoms with van der Waals surface area (Å²) in [5.74, 6) is 0.671. The number of aliphatic imine (C=N–C) groups is 1. The lowest BCUT2D eigenvalue weighted by molar-refractivity contribution is -0.113. The number of hydrogen-bond acceptors (Lipinski definition) is 6. The number of morpholine rings is 1. The fourth-order valence-electron chi connectivity index (χ4n) is 4.72. The molecule has 0 unspecified atom stereocenters. The minimum Gasteiger partial charge on any atom is -0.493 e. The van der Waals surface area contributed by atoms with E-state index in [0.29, 0.717) is 11.5 Å². The second-order valence-corrected chi connectivity index (χ2v) is 10.9. The van der Waals surface area contributed by atoms with Crippen molar-refractivity contribution in [2.24, 2.45) is 4.99 Å². The Bertz CT molecular complexity index is 1360. The molecular weight excluding hydrogens is 496 g/mol. The van der Waals surface area contributed by atoms with Crippen LogP contribution in [0.25, 0.3) is 23.0 Å². The van der Waals surface area contributed by atoms with Crippen molar-refractivity contribution < 1.29 is 14.3 Å². The van der Waals surface area contributed by atoms with Gasteiger partial charge in [-0.25, -0.2) is 4.68 Å². The average Bonchev–Trinajstić information content (AvgIpc) is 3.49. The predicted molar refractivity (Wildman–Crippen MR) is 154 cm³/mol. The van der Waals surface area contributed by atoms with E-state index in [4.69, 9.17) is 14.6 Å². The summed E-state index contributed by atoms with van der Waals surface area (Å²) in [6.45, 7) is 10.5. The zero-order chi connectivity index (χ0) is 26.6. The third kappa shape index (κ3) is 5.87. The maximum absolute atomic E-state index is 13.0. The molecule has 2 atom stereocenters. The first-order valence-electron chi connectivity index (χ1n) is 13.2. The number of hydrogen-bond donors (Lipinski definition) is 0. The Kier molecular flexibility index (Phi) is 8.00. The number of ether oxygens (including phenoxy) is 2. The van der Waals surface area contributed by atoms with Crippen molar-refractivity contribution in [3.63, 3.8) is 0 Å². The molecule has 3 aromatic rings. The third-order valence-corrected chi connectivity index (χ3v) is 7.60. The molecule has 38 heavy (non-hydrogen) atoms. The van der Waals surface area contributed by atoms with Crippen LogP contribution in [0.15, 0.2) is 64.6 Å². The van der Waals surface area contributed by atoms with Crippen LogP contribution in [0.5, 0.6) is 5.75 Å². The van der Waals surface area contributed by atoms with Crippen LogP contribution in [0.4, 0.5) is 0 Å². The summed E-state index contributed by atoms with van der Waals surface area (Å²) >= 11 is 1.42. The van der Waals surface area contributed by atoms with Gasteiger partial charge >= 0.3 is 0 Å². The summed E-state index contributed by atoms with van der Waals surface area (Å²) in [6, 6.07) is 16.1. The van der Waals surface area contributed by atoms with Crippen LogP contribution >= 0.6 is 11.8 Å². The predicted octanol–water partition coefficient (Wildman–Crippen LogP) is 6.11. The van der Waals surface area contributed by atoms with Gasteiger partial charge in [0.05, 0.1) is 29.4 Å². The van der Waals surface area contributed by atoms with Crippen molar-refractivity contribution in [3.05, 3.63) is 70.8 Å². The molecule has 1 aromatic heterocycles. The standard InChI is InChI=1S/C30H34N4O3S/c1-5-6-14-36-26-13-12-23(15-20(26)2)28-24(19-34(32-28)25-10-8-7-9-11-25)16-27-29(35)31-30(38-27)33-17-21(3)37-22(4)18-33/h7-13,15-16,19,21-22H,5-6,14,17-18H2,1-4H3/b27-16-/t21-,22-/m1/s1. The summed E-state index contributed by atoms with van der Waals surface area (Å²) < 4.78 is 13.7. The van der Waals surface area contributed by atoms with Gasteiger partial charge in [0.15, 0.2) is 5.17 Å². The van der Waals surface area contributed by atoms with Crippen LogP contribution in [0.3, 0.4) is 0 Å². The molecule has 2 aliphatic heterocycles. The van der Waals surface area contributed by atoms with Crippen LogP contribution in [-0.4, -0.2) is 57.7 Å². The van der Waals surface area contributed by atoms with Gasteiger partial charge in [-0.15, -0.1) is 0 Å². The Morgan fingerprint density at radius 2 is 1.89 bits per heavy atom. The fourth-order valence-corrected chi connectivity index (χ4v) is 5.65. The molecule has 0 saturated carbocycles. The molecule has 2 aromatic carbocycles. The van der Waals surface area contributed by atoms with Gasteiger partial charge in [0.25, 0.3) is 5.91 Å². The molecule has 0 aliphatic carbocycles. The largest absolute Gasteiger partial charge is 0.493 e. The van der Waals surface area contributed by atoms with E-state index in [2.05, 4.69) is 29.8 Å². The summed E-state index contributed by atoms with van der Waals surface area (Å²) in [5, 5.41) is 5.68. The number of carbonyl (C=O) groups is 1. The fraction of sp³-hybridized carbons (Fsp3) is 0.367. The van der Waals surface area contributed by atoms with Gasteiger partial charge in [0.1, 0.15) is 11.4 Å². The first-order chi connectivity index (χ1) is 18.4. The lowest BCUT2D eigenvalue weighted by Crippen LogP contribution is -2.47. The first-order valence-corrected chi connectivity index (χ1v) is 14.0. The third-order valence-electron chi connectivity index (χ3n) is 6.55. The molecule has 2 aliphatic rings. The van der Waals surface area contributed by atoms with Crippen LogP contribution in [0, 0.1) is 6.92 Å². The average molecular weight is 531 g/mol. The van der Waals surface area contributed by atoms with E-state index in [1.165, 1.54) is 11.8 Å². The summed E-state index contributed by atoms with van der Waals surface area (Å²) in [4.78, 5) is 20.1. The number of benzene rings is 2. The maximum atomic E-state index is 13.0. The monoisotopic (exact) mass is 530 g/mol. The number of nitrogens with zero attached hydrogens (tertiary/aromatic N) is 4. The number of aryl methyl sites for hydroxylation is 1. The van der Waals surface area contributed by atoms with E-state index >= 15 is 0 Å². The van der Waals surface area contributed by atoms with Gasteiger partial charge in [-0.05, 0) is 80.9 Å². The zero-order valence-electron chi connectivity index (χ0n) is 22.4. The molecule has 0 bridgehead atoms. The van der Waals surface area contributed by atoms with Crippen molar-refractivity contribution in [2.45, 2.75) is 52.7 Å². The number of para-hydroxylation sites is 1. The van der Waals surface area contributed by atoms with Crippen molar-refractivity contribution in [1.29, 1.82) is 0 Å². The molecule has 198 valence electrons. The topological polar surface area (TPSA) is 68.9 Å². The van der Waals surface area contributed by atoms with Gasteiger partial charge in [0.2, 0.25) is 0 Å². The van der Waals surface area contributed by atoms with E-state index in [1.54, 1.807) is 0 Å². The molecular formula is C30H34N4O3S. The maximum Gasteiger partial charge on any atom is 0.286 e. The number of carbonyl (C=O) groups excluding carboxylic acids is 1. The number of amidine groups is 1. The van der Waals surface area contributed by atoms with E-state index in [0.717, 1.165) is 64.9 Å². The Balaban J connectivity index is 1.47. The molecule has 1 saturated heterocycles. The highest BCUT2D eigenvalue weighted by molar-refractivity contribution is 8.18. The molecule has 0 N–H and O–H groups in total. The first kappa shape index (κ1) is 26.3. The van der Waals surface area contributed by atoms with Crippen LogP contribution < -0.4 is 4.74 Å². The van der Waals surface area contributed by atoms with Crippen molar-refractivity contribution in [3.8, 4) is 22.7 Å². The zero-order valence-corrected chi connectivity index (χ0v) is 23.2. The number of thioether (sulfide) groups is 1. The quantitative estimate of drug-likeness (QED) is 0.271. The minimum absolute atomic E-state index is 0.0954. The highest BCUT2D eigenvalue weighted by atomic mass is 32.2. The molecule has 1 amide bonds. The Hall–Kier alpha value is -3.36. The minimum atomic E-state index is -0.217. The van der Waals surface area contributed by atoms with Crippen LogP contribution in [0.2, 0.25) is 0 Å². The van der Waals surface area contributed by atoms with Gasteiger partial charge in [-0.3, -0.25) is 4.79 Å². The molecule has 0 spiro atoms. The molecule has 5 rings (SSSR count). The second-order valence-electron chi connectivity index (χ2n) is 9.87. The molecule has 3 heterocycles. The van der Waals surface area contributed by atoms with Gasteiger partial charge in [-0.2, -0.15) is 10.1 Å². The molecule has 1 fully saturated rings. The van der Waals surface area contributed by atoms with Crippen LogP contribution in [-0.2, 0) is 9.53 Å². The Morgan fingerprint density at radius 1 is 1.13 bits per heavy atom. The smallest absolute Gasteiger partial charge is 0.286 e. The molecule has 0 radical (unpaired) electrons. The van der Waals surface area contributed by atoms with E-state index in [1.807, 2.05) is 73.3 Å². The van der Waals surface area contributed by atoms with Crippen molar-refractivity contribution in [1.82, 2.24) is 14.7 Å². The SMILES string of the molecule is CCCCOc1ccc(-c2nn(-c3ccccc3)cc2/C=C2\SC(N3C[C@@H](C)O[C@H](C)C3)=NC2=O)cc1C. The summed E-state index contributed by atoms with van der Waals surface area (Å²) in [5.41, 5.74) is 4.65. The van der Waals surface area contributed by atoms with Crippen molar-refractivity contribution >= 4 is 28.9 Å². The normalized spacial score (nSPS) is 20.7. The van der Waals surface area contributed by atoms with Crippen LogP contribution in [0.1, 0.15) is 44.7 Å². The second kappa shape index (κ2) is 11.6.